The first-order valence-corrected chi connectivity index (χ1v) is 9.63. The molecule has 3 nitrogen and oxygen atoms in total. The van der Waals surface area contributed by atoms with Gasteiger partial charge in [0.05, 0.1) is 9.20 Å². The first-order chi connectivity index (χ1) is 10.7. The maximum atomic E-state index is 13.9. The molecule has 0 unspecified atom stereocenters. The lowest BCUT2D eigenvalue weighted by Crippen LogP contribution is -2.45. The Morgan fingerprint density at radius 1 is 1.18 bits per heavy atom. The zero-order chi connectivity index (χ0) is 14.9. The number of halogens is 2. The number of thiophene rings is 1. The Morgan fingerprint density at radius 3 is 2.50 bits per heavy atom. The van der Waals surface area contributed by atoms with Crippen LogP contribution in [0.25, 0.3) is 0 Å². The van der Waals surface area contributed by atoms with Crippen LogP contribution in [0, 0.1) is 0 Å². The van der Waals surface area contributed by atoms with Gasteiger partial charge in [0.1, 0.15) is 17.8 Å². The molecule has 2 aromatic heterocycles. The molecule has 0 aromatic carbocycles. The van der Waals surface area contributed by atoms with Crippen molar-refractivity contribution in [1.29, 1.82) is 0 Å². The fourth-order valence-electron chi connectivity index (χ4n) is 3.70. The zero-order valence-corrected chi connectivity index (χ0v) is 14.5. The summed E-state index contributed by atoms with van der Waals surface area (Å²) in [6.07, 6.45) is 5.28. The number of hydrogen-bond donors (Lipinski definition) is 0. The van der Waals surface area contributed by atoms with E-state index in [9.17, 15) is 4.39 Å². The molecule has 3 fully saturated rings. The normalized spacial score (nSPS) is 31.3. The molecule has 0 amide bonds. The molecule has 0 saturated heterocycles. The molecule has 6 heteroatoms. The van der Waals surface area contributed by atoms with Crippen LogP contribution in [0.4, 0.5) is 4.39 Å². The van der Waals surface area contributed by atoms with Crippen molar-refractivity contribution < 1.29 is 4.39 Å². The number of alkyl halides is 1. The van der Waals surface area contributed by atoms with Gasteiger partial charge in [-0.3, -0.25) is 0 Å². The molecule has 3 aliphatic rings. The quantitative estimate of drug-likeness (QED) is 0.765. The second kappa shape index (κ2) is 4.63. The van der Waals surface area contributed by atoms with E-state index in [1.807, 2.05) is 0 Å². The van der Waals surface area contributed by atoms with Crippen molar-refractivity contribution in [3.05, 3.63) is 32.4 Å². The standard InChI is InChI=1S/C16H17BrFN3S/c17-13-6-5-12(22-13)16(7-10(18)8-16)15-20-19-14(9-1-2-9)21(15)11-3-4-11/h5-6,9-11H,1-4,7-8H2. The molecule has 0 N–H and O–H groups in total. The Bertz CT molecular complexity index is 726. The second-order valence-corrected chi connectivity index (χ2v) is 9.41. The molecule has 3 aliphatic carbocycles. The van der Waals surface area contributed by atoms with Crippen molar-refractivity contribution >= 4 is 27.3 Å². The van der Waals surface area contributed by atoms with Crippen LogP contribution >= 0.6 is 27.3 Å². The summed E-state index contributed by atoms with van der Waals surface area (Å²) in [6, 6.07) is 4.75. The highest BCUT2D eigenvalue weighted by Gasteiger charge is 2.53. The van der Waals surface area contributed by atoms with Gasteiger partial charge in [0.2, 0.25) is 0 Å². The van der Waals surface area contributed by atoms with Crippen molar-refractivity contribution in [1.82, 2.24) is 14.8 Å². The van der Waals surface area contributed by atoms with Gasteiger partial charge in [0.25, 0.3) is 0 Å². The lowest BCUT2D eigenvalue weighted by molar-refractivity contribution is 0.116. The van der Waals surface area contributed by atoms with Gasteiger partial charge >= 0.3 is 0 Å². The molecule has 116 valence electrons. The van der Waals surface area contributed by atoms with Crippen LogP contribution in [0.1, 0.15) is 67.0 Å². The third-order valence-electron chi connectivity index (χ3n) is 5.19. The lowest BCUT2D eigenvalue weighted by Gasteiger charge is -2.42. The van der Waals surface area contributed by atoms with Crippen LogP contribution in [-0.4, -0.2) is 20.9 Å². The first-order valence-electron chi connectivity index (χ1n) is 8.02. The van der Waals surface area contributed by atoms with Gasteiger partial charge in [-0.05, 0) is 66.6 Å². The van der Waals surface area contributed by atoms with Crippen molar-refractivity contribution in [3.63, 3.8) is 0 Å². The van der Waals surface area contributed by atoms with Crippen molar-refractivity contribution in [2.75, 3.05) is 0 Å². The predicted octanol–water partition coefficient (Wildman–Crippen LogP) is 4.73. The van der Waals surface area contributed by atoms with Crippen LogP contribution in [0.2, 0.25) is 0 Å². The molecule has 22 heavy (non-hydrogen) atoms. The largest absolute Gasteiger partial charge is 0.311 e. The SMILES string of the molecule is FC1CC(c2ccc(Br)s2)(c2nnc(C3CC3)n2C2CC2)C1. The summed E-state index contributed by atoms with van der Waals surface area (Å²) < 4.78 is 17.3. The number of aromatic nitrogens is 3. The Hall–Kier alpha value is -0.750. The highest BCUT2D eigenvalue weighted by Crippen LogP contribution is 2.55. The number of nitrogens with zero attached hydrogens (tertiary/aromatic N) is 3. The fourth-order valence-corrected chi connectivity index (χ4v) is 5.30. The Morgan fingerprint density at radius 2 is 1.95 bits per heavy atom. The fraction of sp³-hybridized carbons (Fsp3) is 0.625. The van der Waals surface area contributed by atoms with Crippen LogP contribution in [0.5, 0.6) is 0 Å². The molecule has 2 aromatic rings. The van der Waals surface area contributed by atoms with Crippen molar-refractivity contribution in [3.8, 4) is 0 Å². The van der Waals surface area contributed by atoms with Crippen LogP contribution in [0.15, 0.2) is 15.9 Å². The first kappa shape index (κ1) is 13.7. The molecule has 3 saturated carbocycles. The Labute approximate surface area is 141 Å². The maximum absolute atomic E-state index is 13.9. The van der Waals surface area contributed by atoms with Gasteiger partial charge in [-0.1, -0.05) is 0 Å². The average Bonchev–Trinajstić information content (AvgIpc) is 3.39. The van der Waals surface area contributed by atoms with Gasteiger partial charge < -0.3 is 4.57 Å². The van der Waals surface area contributed by atoms with Crippen LogP contribution in [-0.2, 0) is 5.41 Å². The van der Waals surface area contributed by atoms with E-state index in [4.69, 9.17) is 0 Å². The third kappa shape index (κ3) is 1.96. The predicted molar refractivity (Wildman–Crippen MR) is 87.2 cm³/mol. The summed E-state index contributed by atoms with van der Waals surface area (Å²) >= 11 is 5.26. The summed E-state index contributed by atoms with van der Waals surface area (Å²) in [5.41, 5.74) is -0.251. The zero-order valence-electron chi connectivity index (χ0n) is 12.1. The van der Waals surface area contributed by atoms with E-state index in [0.29, 0.717) is 24.8 Å². The van der Waals surface area contributed by atoms with E-state index in [-0.39, 0.29) is 5.41 Å². The van der Waals surface area contributed by atoms with E-state index in [1.165, 1.54) is 30.6 Å². The molecule has 0 bridgehead atoms. The monoisotopic (exact) mass is 381 g/mol. The van der Waals surface area contributed by atoms with Crippen LogP contribution < -0.4 is 0 Å². The number of rotatable bonds is 4. The molecule has 0 aliphatic heterocycles. The lowest BCUT2D eigenvalue weighted by atomic mass is 9.65. The van der Waals surface area contributed by atoms with Crippen molar-refractivity contribution in [2.24, 2.45) is 0 Å². The summed E-state index contributed by atoms with van der Waals surface area (Å²) in [5, 5.41) is 9.12. The molecule has 5 rings (SSSR count). The smallest absolute Gasteiger partial charge is 0.145 e. The minimum absolute atomic E-state index is 0.251. The van der Waals surface area contributed by atoms with E-state index in [2.05, 4.69) is 42.8 Å². The van der Waals surface area contributed by atoms with Gasteiger partial charge in [-0.25, -0.2) is 4.39 Å². The number of hydrogen-bond acceptors (Lipinski definition) is 3. The summed E-state index contributed by atoms with van der Waals surface area (Å²) in [7, 11) is 0. The molecule has 2 heterocycles. The van der Waals surface area contributed by atoms with Gasteiger partial charge in [0.15, 0.2) is 0 Å². The summed E-state index contributed by atoms with van der Waals surface area (Å²) in [6.45, 7) is 0. The second-order valence-electron chi connectivity index (χ2n) is 6.95. The molecule has 0 atom stereocenters. The Kier molecular flexibility index (Phi) is 2.88. The van der Waals surface area contributed by atoms with Gasteiger partial charge in [0, 0.05) is 16.8 Å². The minimum Gasteiger partial charge on any atom is -0.311 e. The van der Waals surface area contributed by atoms with Gasteiger partial charge in [-0.15, -0.1) is 21.5 Å². The average molecular weight is 382 g/mol. The van der Waals surface area contributed by atoms with E-state index < -0.39 is 6.17 Å². The highest BCUT2D eigenvalue weighted by atomic mass is 79.9. The summed E-state index contributed by atoms with van der Waals surface area (Å²) in [5.74, 6) is 2.78. The maximum Gasteiger partial charge on any atom is 0.145 e. The van der Waals surface area contributed by atoms with E-state index in [1.54, 1.807) is 11.3 Å². The summed E-state index contributed by atoms with van der Waals surface area (Å²) in [4.78, 5) is 1.23. The molecule has 0 spiro atoms. The van der Waals surface area contributed by atoms with E-state index in [0.717, 1.165) is 15.4 Å². The topological polar surface area (TPSA) is 30.7 Å². The third-order valence-corrected chi connectivity index (χ3v) is 7.02. The minimum atomic E-state index is -0.713. The van der Waals surface area contributed by atoms with Crippen LogP contribution in [0.3, 0.4) is 0 Å². The molecule has 0 radical (unpaired) electrons. The van der Waals surface area contributed by atoms with Gasteiger partial charge in [-0.2, -0.15) is 0 Å². The Balaban J connectivity index is 1.64. The molecular weight excluding hydrogens is 365 g/mol. The van der Waals surface area contributed by atoms with Crippen molar-refractivity contribution in [2.45, 2.75) is 62.1 Å². The van der Waals surface area contributed by atoms with E-state index >= 15 is 0 Å². The highest BCUT2D eigenvalue weighted by molar-refractivity contribution is 9.11. The molecular formula is C16H17BrFN3S.